The smallest absolute Gasteiger partial charge is 0.277 e. The first-order valence-electron chi connectivity index (χ1n) is 9.06. The van der Waals surface area contributed by atoms with Crippen molar-refractivity contribution < 1.29 is 14.3 Å². The van der Waals surface area contributed by atoms with Crippen LogP contribution >= 0.6 is 31.9 Å². The SMILES string of the molecule is CC(CC(=O)NCCc1ccccc1)=NNC(=O)COc1cc(C)c(Br)cc1Br. The predicted molar refractivity (Wildman–Crippen MR) is 121 cm³/mol. The number of halogens is 2. The van der Waals surface area contributed by atoms with Gasteiger partial charge in [-0.25, -0.2) is 5.43 Å². The molecule has 0 spiro atoms. The zero-order valence-corrected chi connectivity index (χ0v) is 19.5. The van der Waals surface area contributed by atoms with Crippen molar-refractivity contribution in [2.45, 2.75) is 26.7 Å². The molecular weight excluding hydrogens is 502 g/mol. The van der Waals surface area contributed by atoms with Gasteiger partial charge in [-0.15, -0.1) is 0 Å². The van der Waals surface area contributed by atoms with Gasteiger partial charge in [-0.3, -0.25) is 9.59 Å². The number of benzene rings is 2. The Morgan fingerprint density at radius 3 is 2.52 bits per heavy atom. The molecule has 6 nitrogen and oxygen atoms in total. The number of amides is 2. The third-order valence-corrected chi connectivity index (χ3v) is 5.41. The Labute approximate surface area is 187 Å². The summed E-state index contributed by atoms with van der Waals surface area (Å²) in [5, 5.41) is 6.80. The van der Waals surface area contributed by atoms with Gasteiger partial charge in [-0.05, 0) is 59.5 Å². The number of nitrogens with zero attached hydrogens (tertiary/aromatic N) is 1. The van der Waals surface area contributed by atoms with Crippen molar-refractivity contribution in [2.24, 2.45) is 5.10 Å². The Morgan fingerprint density at radius 2 is 1.79 bits per heavy atom. The Balaban J connectivity index is 1.70. The Morgan fingerprint density at radius 1 is 1.07 bits per heavy atom. The minimum atomic E-state index is -0.402. The van der Waals surface area contributed by atoms with E-state index in [0.717, 1.165) is 26.5 Å². The Hall–Kier alpha value is -2.19. The molecule has 29 heavy (non-hydrogen) atoms. The van der Waals surface area contributed by atoms with Gasteiger partial charge in [0.25, 0.3) is 5.91 Å². The molecule has 0 saturated carbocycles. The lowest BCUT2D eigenvalue weighted by molar-refractivity contribution is -0.123. The fourth-order valence-corrected chi connectivity index (χ4v) is 3.51. The molecule has 0 radical (unpaired) electrons. The van der Waals surface area contributed by atoms with Gasteiger partial charge < -0.3 is 10.1 Å². The third kappa shape index (κ3) is 8.37. The Bertz CT molecular complexity index is 886. The highest BCUT2D eigenvalue weighted by Gasteiger charge is 2.09. The molecule has 0 aromatic heterocycles. The maximum absolute atomic E-state index is 12.0. The molecule has 2 amide bonds. The molecule has 0 heterocycles. The quantitative estimate of drug-likeness (QED) is 0.382. The average molecular weight is 525 g/mol. The Kier molecular flexibility index (Phi) is 9.34. The molecule has 2 aromatic rings. The number of carbonyl (C=O) groups excluding carboxylic acids is 2. The monoisotopic (exact) mass is 523 g/mol. The van der Waals surface area contributed by atoms with E-state index in [9.17, 15) is 9.59 Å². The summed E-state index contributed by atoms with van der Waals surface area (Å²) < 4.78 is 7.21. The minimum Gasteiger partial charge on any atom is -0.483 e. The summed E-state index contributed by atoms with van der Waals surface area (Å²) in [6.07, 6.45) is 0.884. The number of rotatable bonds is 9. The first kappa shape index (κ1) is 23.1. The summed E-state index contributed by atoms with van der Waals surface area (Å²) in [4.78, 5) is 23.9. The lowest BCUT2D eigenvalue weighted by Crippen LogP contribution is -2.29. The number of hydrogen-bond donors (Lipinski definition) is 2. The van der Waals surface area contributed by atoms with Gasteiger partial charge in [0.05, 0.1) is 10.9 Å². The lowest BCUT2D eigenvalue weighted by atomic mass is 10.1. The molecule has 0 unspecified atom stereocenters. The van der Waals surface area contributed by atoms with Crippen molar-refractivity contribution in [3.8, 4) is 5.75 Å². The summed E-state index contributed by atoms with van der Waals surface area (Å²) in [5.74, 6) is 0.0302. The van der Waals surface area contributed by atoms with E-state index in [1.54, 1.807) is 6.92 Å². The number of hydrogen-bond acceptors (Lipinski definition) is 4. The minimum absolute atomic E-state index is 0.118. The van der Waals surface area contributed by atoms with Crippen LogP contribution in [0.1, 0.15) is 24.5 Å². The van der Waals surface area contributed by atoms with E-state index in [0.29, 0.717) is 18.0 Å². The standard InChI is InChI=1S/C21H23Br2N3O3/c1-14-10-19(18(23)12-17(14)22)29-13-21(28)26-25-15(2)11-20(27)24-9-8-16-6-4-3-5-7-16/h3-7,10,12H,8-9,11,13H2,1-2H3,(H,24,27)(H,26,28). The molecule has 154 valence electrons. The predicted octanol–water partition coefficient (Wildman–Crippen LogP) is 4.14. The molecule has 0 aliphatic heterocycles. The van der Waals surface area contributed by atoms with Crippen LogP contribution in [-0.2, 0) is 16.0 Å². The number of aryl methyl sites for hydroxylation is 1. The summed E-state index contributed by atoms with van der Waals surface area (Å²) >= 11 is 6.83. The maximum atomic E-state index is 12.0. The zero-order chi connectivity index (χ0) is 21.2. The van der Waals surface area contributed by atoms with E-state index in [-0.39, 0.29) is 18.9 Å². The van der Waals surface area contributed by atoms with Crippen molar-refractivity contribution in [1.29, 1.82) is 0 Å². The van der Waals surface area contributed by atoms with Crippen molar-refractivity contribution in [3.63, 3.8) is 0 Å². The number of hydrazone groups is 1. The second kappa shape index (κ2) is 11.7. The molecule has 0 aliphatic rings. The van der Waals surface area contributed by atoms with Gasteiger partial charge in [0, 0.05) is 16.7 Å². The molecule has 2 N–H and O–H groups in total. The van der Waals surface area contributed by atoms with Gasteiger partial charge in [0.2, 0.25) is 5.91 Å². The molecule has 2 aromatic carbocycles. The molecule has 8 heteroatoms. The third-order valence-electron chi connectivity index (χ3n) is 3.94. The zero-order valence-electron chi connectivity index (χ0n) is 16.3. The summed E-state index contributed by atoms with van der Waals surface area (Å²) in [6, 6.07) is 13.6. The number of ether oxygens (including phenoxy) is 1. The molecule has 0 bridgehead atoms. The van der Waals surface area contributed by atoms with E-state index in [1.807, 2.05) is 49.4 Å². The van der Waals surface area contributed by atoms with E-state index < -0.39 is 5.91 Å². The molecule has 0 saturated heterocycles. The van der Waals surface area contributed by atoms with Gasteiger partial charge >= 0.3 is 0 Å². The highest BCUT2D eigenvalue weighted by Crippen LogP contribution is 2.31. The van der Waals surface area contributed by atoms with Crippen LogP contribution in [0.2, 0.25) is 0 Å². The number of nitrogens with one attached hydrogen (secondary N) is 2. The van der Waals surface area contributed by atoms with E-state index >= 15 is 0 Å². The fraction of sp³-hybridized carbons (Fsp3) is 0.286. The maximum Gasteiger partial charge on any atom is 0.277 e. The van der Waals surface area contributed by atoms with E-state index in [2.05, 4.69) is 47.7 Å². The second-order valence-corrected chi connectivity index (χ2v) is 8.17. The van der Waals surface area contributed by atoms with Crippen molar-refractivity contribution in [3.05, 3.63) is 62.5 Å². The highest BCUT2D eigenvalue weighted by molar-refractivity contribution is 9.11. The number of carbonyl (C=O) groups is 2. The van der Waals surface area contributed by atoms with Gasteiger partial charge in [0.15, 0.2) is 6.61 Å². The largest absolute Gasteiger partial charge is 0.483 e. The van der Waals surface area contributed by atoms with Crippen LogP contribution in [0, 0.1) is 6.92 Å². The molecular formula is C21H23Br2N3O3. The average Bonchev–Trinajstić information content (AvgIpc) is 2.69. The first-order chi connectivity index (χ1) is 13.8. The molecule has 0 atom stereocenters. The molecule has 2 rings (SSSR count). The summed E-state index contributed by atoms with van der Waals surface area (Å²) in [7, 11) is 0. The van der Waals surface area contributed by atoms with Crippen molar-refractivity contribution in [2.75, 3.05) is 13.2 Å². The van der Waals surface area contributed by atoms with Crippen molar-refractivity contribution in [1.82, 2.24) is 10.7 Å². The van der Waals surface area contributed by atoms with Crippen LogP contribution < -0.4 is 15.5 Å². The van der Waals surface area contributed by atoms with Crippen LogP contribution in [0.3, 0.4) is 0 Å². The van der Waals surface area contributed by atoms with Crippen LogP contribution in [0.25, 0.3) is 0 Å². The fourth-order valence-electron chi connectivity index (χ4n) is 2.40. The van der Waals surface area contributed by atoms with E-state index in [4.69, 9.17) is 4.74 Å². The van der Waals surface area contributed by atoms with Crippen LogP contribution in [0.4, 0.5) is 0 Å². The van der Waals surface area contributed by atoms with Gasteiger partial charge in [-0.1, -0.05) is 46.3 Å². The van der Waals surface area contributed by atoms with Crippen molar-refractivity contribution >= 4 is 49.4 Å². The lowest BCUT2D eigenvalue weighted by Gasteiger charge is -2.10. The normalized spacial score (nSPS) is 11.1. The van der Waals surface area contributed by atoms with Crippen LogP contribution in [-0.4, -0.2) is 30.7 Å². The van der Waals surface area contributed by atoms with Crippen LogP contribution in [0.5, 0.6) is 5.75 Å². The first-order valence-corrected chi connectivity index (χ1v) is 10.6. The second-order valence-electron chi connectivity index (χ2n) is 6.46. The van der Waals surface area contributed by atoms with Crippen LogP contribution in [0.15, 0.2) is 56.5 Å². The topological polar surface area (TPSA) is 79.8 Å². The highest BCUT2D eigenvalue weighted by atomic mass is 79.9. The molecule has 0 fully saturated rings. The molecule has 0 aliphatic carbocycles. The van der Waals surface area contributed by atoms with Gasteiger partial charge in [-0.2, -0.15) is 5.10 Å². The van der Waals surface area contributed by atoms with Gasteiger partial charge in [0.1, 0.15) is 5.75 Å². The summed E-state index contributed by atoms with van der Waals surface area (Å²) in [5.41, 5.74) is 5.08. The summed E-state index contributed by atoms with van der Waals surface area (Å²) in [6.45, 7) is 3.99. The van der Waals surface area contributed by atoms with E-state index in [1.165, 1.54) is 0 Å².